The fourth-order valence-corrected chi connectivity index (χ4v) is 9.22. The van der Waals surface area contributed by atoms with Gasteiger partial charge in [-0.05, 0) is 10.6 Å². The molecular formula is C23H29ClCrPSi. The molecule has 0 amide bonds. The summed E-state index contributed by atoms with van der Waals surface area (Å²) < 4.78 is 0. The van der Waals surface area contributed by atoms with Gasteiger partial charge in [0.1, 0.15) is 0 Å². The first-order valence-corrected chi connectivity index (χ1v) is 13.5. The van der Waals surface area contributed by atoms with Gasteiger partial charge in [0.05, 0.1) is 8.46 Å². The van der Waals surface area contributed by atoms with Gasteiger partial charge in [-0.25, -0.2) is 0 Å². The van der Waals surface area contributed by atoms with Crippen molar-refractivity contribution in [3.8, 4) is 0 Å². The summed E-state index contributed by atoms with van der Waals surface area (Å²) in [7, 11) is -0.421. The molecule has 0 spiro atoms. The molecule has 27 heavy (non-hydrogen) atoms. The number of hydrogen-bond donors (Lipinski definition) is 0. The molecule has 0 nitrogen and oxygen atoms in total. The van der Waals surface area contributed by atoms with Crippen LogP contribution in [0, 0.1) is 27.7 Å². The topological polar surface area (TPSA) is 0 Å². The maximum absolute atomic E-state index is 2.41. The van der Waals surface area contributed by atoms with E-state index in [1.165, 1.54) is 32.9 Å². The maximum Gasteiger partial charge on any atom is 2.00 e. The van der Waals surface area contributed by atoms with Gasteiger partial charge in [0.2, 0.25) is 0 Å². The van der Waals surface area contributed by atoms with Crippen LogP contribution in [0.25, 0.3) is 0 Å². The van der Waals surface area contributed by atoms with Gasteiger partial charge in [0.15, 0.2) is 0 Å². The van der Waals surface area contributed by atoms with Crippen LogP contribution in [0.1, 0.15) is 22.3 Å². The van der Waals surface area contributed by atoms with Crippen molar-refractivity contribution < 1.29 is 29.8 Å². The summed E-state index contributed by atoms with van der Waals surface area (Å²) in [6.45, 7) is 13.5. The molecular weight excluding hydrogens is 423 g/mol. The van der Waals surface area contributed by atoms with E-state index in [0.29, 0.717) is 0 Å². The molecule has 4 heteroatoms. The Morgan fingerprint density at radius 3 is 1.22 bits per heavy atom. The molecule has 1 radical (unpaired) electrons. The molecule has 3 aromatic rings. The van der Waals surface area contributed by atoms with E-state index < -0.39 is 0 Å². The van der Waals surface area contributed by atoms with E-state index in [4.69, 9.17) is 0 Å². The number of benzene rings is 2. The third-order valence-electron chi connectivity index (χ3n) is 4.65. The minimum atomic E-state index is -0.313. The normalized spacial score (nSPS) is 9.93. The molecule has 0 unspecified atom stereocenters. The van der Waals surface area contributed by atoms with Crippen molar-refractivity contribution in [3.05, 3.63) is 89.0 Å². The monoisotopic (exact) mass is 451 g/mol. The van der Waals surface area contributed by atoms with Crippen LogP contribution in [-0.4, -0.2) is 8.46 Å². The first kappa shape index (κ1) is 26.3. The molecule has 0 bridgehead atoms. The van der Waals surface area contributed by atoms with Crippen LogP contribution in [-0.2, 0) is 17.4 Å². The first-order valence-electron chi connectivity index (χ1n) is 8.82. The summed E-state index contributed by atoms with van der Waals surface area (Å²) in [5.74, 6) is 0. The number of halogens is 1. The summed E-state index contributed by atoms with van der Waals surface area (Å²) in [5.41, 5.74) is 5.75. The fraction of sp³-hybridized carbons (Fsp3) is 0.261. The van der Waals surface area contributed by atoms with Crippen LogP contribution in [0.3, 0.4) is 0 Å². The molecule has 143 valence electrons. The summed E-state index contributed by atoms with van der Waals surface area (Å²) in [4.78, 5) is 0. The zero-order valence-corrected chi connectivity index (χ0v) is 21.0. The van der Waals surface area contributed by atoms with Crippen LogP contribution in [0.2, 0.25) is 13.1 Å². The number of hydrogen-bond acceptors (Lipinski definition) is 0. The van der Waals surface area contributed by atoms with Crippen LogP contribution in [0.15, 0.2) is 66.7 Å². The second-order valence-electron chi connectivity index (χ2n) is 6.71. The summed E-state index contributed by atoms with van der Waals surface area (Å²) in [6.07, 6.45) is 0. The fourth-order valence-electron chi connectivity index (χ4n) is 2.95. The number of rotatable bonds is 3. The van der Waals surface area contributed by atoms with E-state index in [-0.39, 0.29) is 45.7 Å². The molecule has 0 saturated heterocycles. The minimum Gasteiger partial charge on any atom is -1.00 e. The van der Waals surface area contributed by atoms with Gasteiger partial charge in [-0.3, -0.25) is 0 Å². The second-order valence-corrected chi connectivity index (χ2v) is 14.3. The minimum absolute atomic E-state index is 0. The molecule has 0 aliphatic carbocycles. The average Bonchev–Trinajstić information content (AvgIpc) is 2.83. The molecule has 0 heterocycles. The third-order valence-corrected chi connectivity index (χ3v) is 11.4. The van der Waals surface area contributed by atoms with Gasteiger partial charge >= 0.3 is 17.4 Å². The van der Waals surface area contributed by atoms with Gasteiger partial charge in [0.25, 0.3) is 0 Å². The SMILES string of the molecule is C[Si](C)P(c1ccccc1)c1ccccc1.Cc1[cH-]c(C)c(C)c1C.[Cl-].[Cr+2]. The first-order chi connectivity index (χ1) is 11.9. The van der Waals surface area contributed by atoms with Crippen molar-refractivity contribution in [1.82, 2.24) is 0 Å². The van der Waals surface area contributed by atoms with E-state index >= 15 is 0 Å². The maximum atomic E-state index is 2.41. The van der Waals surface area contributed by atoms with Crippen LogP contribution < -0.4 is 23.0 Å². The van der Waals surface area contributed by atoms with E-state index in [0.717, 1.165) is 0 Å². The number of aryl methyl sites for hydroxylation is 2. The molecule has 3 rings (SSSR count). The summed E-state index contributed by atoms with van der Waals surface area (Å²) in [5, 5.41) is 3.03. The van der Waals surface area contributed by atoms with Crippen molar-refractivity contribution in [2.45, 2.75) is 40.8 Å². The summed E-state index contributed by atoms with van der Waals surface area (Å²) >= 11 is 0. The zero-order chi connectivity index (χ0) is 18.4. The zero-order valence-electron chi connectivity index (χ0n) is 17.1. The largest absolute Gasteiger partial charge is 2.00 e. The van der Waals surface area contributed by atoms with E-state index in [2.05, 4.69) is 108 Å². The van der Waals surface area contributed by atoms with Gasteiger partial charge in [0, 0.05) is 0 Å². The Hall–Kier alpha value is -0.741. The predicted octanol–water partition coefficient (Wildman–Crippen LogP) is 3.01. The Bertz CT molecular complexity index is 723. The van der Waals surface area contributed by atoms with Crippen molar-refractivity contribution in [2.75, 3.05) is 0 Å². The molecule has 3 aromatic carbocycles. The Labute approximate surface area is 185 Å². The van der Waals surface area contributed by atoms with Gasteiger partial charge < -0.3 is 12.4 Å². The molecule has 0 aromatic heterocycles. The standard InChI is InChI=1S/C14H16PSi.C9H13.ClH.Cr/c1-16(2)15(13-9-5-3-6-10-13)14-11-7-4-8-12-14;1-6-5-7(2)9(4)8(6)3;;/h3-12H,1-2H3;5H,1-4H3;1H;/q;-1;;+2/p-1. The molecule has 0 saturated carbocycles. The molecule has 0 fully saturated rings. The Morgan fingerprint density at radius 2 is 1.00 bits per heavy atom. The predicted molar refractivity (Wildman–Crippen MR) is 118 cm³/mol. The third kappa shape index (κ3) is 7.30. The van der Waals surface area contributed by atoms with E-state index in [1.54, 1.807) is 0 Å². The Kier molecular flexibility index (Phi) is 12.3. The van der Waals surface area contributed by atoms with Crippen molar-refractivity contribution in [3.63, 3.8) is 0 Å². The molecule has 0 aliphatic heterocycles. The second kappa shape index (κ2) is 12.7. The van der Waals surface area contributed by atoms with E-state index in [9.17, 15) is 0 Å². The van der Waals surface area contributed by atoms with Gasteiger partial charge in [-0.1, -0.05) is 109 Å². The van der Waals surface area contributed by atoms with Crippen LogP contribution in [0.4, 0.5) is 0 Å². The molecule has 0 aliphatic rings. The Morgan fingerprint density at radius 1 is 0.667 bits per heavy atom. The average molecular weight is 452 g/mol. The molecule has 0 atom stereocenters. The van der Waals surface area contributed by atoms with Crippen molar-refractivity contribution >= 4 is 26.5 Å². The Balaban J connectivity index is 0.000000532. The molecule has 0 N–H and O–H groups in total. The van der Waals surface area contributed by atoms with Gasteiger partial charge in [-0.2, -0.15) is 28.3 Å². The van der Waals surface area contributed by atoms with Crippen LogP contribution in [0.5, 0.6) is 0 Å². The van der Waals surface area contributed by atoms with Crippen molar-refractivity contribution in [2.24, 2.45) is 0 Å². The van der Waals surface area contributed by atoms with E-state index in [1.807, 2.05) is 0 Å². The quantitative estimate of drug-likeness (QED) is 0.326. The van der Waals surface area contributed by atoms with Crippen LogP contribution >= 0.6 is 7.47 Å². The summed E-state index contributed by atoms with van der Waals surface area (Å²) in [6, 6.07) is 24.1. The van der Waals surface area contributed by atoms with Crippen molar-refractivity contribution in [1.29, 1.82) is 0 Å². The smallest absolute Gasteiger partial charge is 1.00 e. The van der Waals surface area contributed by atoms with Gasteiger partial charge in [-0.15, -0.1) is 0 Å².